The molecule has 3 heterocycles. The van der Waals surface area contributed by atoms with Gasteiger partial charge >= 0.3 is 6.18 Å². The largest absolute Gasteiger partial charge is 0.419 e. The van der Waals surface area contributed by atoms with E-state index in [0.717, 1.165) is 11.6 Å². The quantitative estimate of drug-likeness (QED) is 0.807. The number of carbonyl (C=O) groups is 1. The van der Waals surface area contributed by atoms with Gasteiger partial charge in [0.15, 0.2) is 0 Å². The molecular formula is C20H20F3N3O2. The van der Waals surface area contributed by atoms with E-state index >= 15 is 0 Å². The monoisotopic (exact) mass is 391 g/mol. The van der Waals surface area contributed by atoms with Gasteiger partial charge in [-0.25, -0.2) is 4.98 Å². The van der Waals surface area contributed by atoms with Gasteiger partial charge in [0.1, 0.15) is 5.82 Å². The molecule has 2 saturated heterocycles. The highest BCUT2D eigenvalue weighted by Gasteiger charge is 2.44. The molecule has 0 aliphatic carbocycles. The number of amides is 1. The Morgan fingerprint density at radius 3 is 2.64 bits per heavy atom. The summed E-state index contributed by atoms with van der Waals surface area (Å²) in [7, 11) is 0. The molecule has 0 N–H and O–H groups in total. The van der Waals surface area contributed by atoms with Crippen LogP contribution < -0.4 is 4.90 Å². The van der Waals surface area contributed by atoms with Crippen molar-refractivity contribution in [3.8, 4) is 0 Å². The Morgan fingerprint density at radius 1 is 1.11 bits per heavy atom. The van der Waals surface area contributed by atoms with Gasteiger partial charge in [-0.15, -0.1) is 0 Å². The number of hydrogen-bond acceptors (Lipinski definition) is 4. The van der Waals surface area contributed by atoms with E-state index in [-0.39, 0.29) is 50.0 Å². The number of nitrogens with zero attached hydrogens (tertiary/aromatic N) is 3. The highest BCUT2D eigenvalue weighted by atomic mass is 19.4. The molecule has 2 aromatic rings. The molecule has 4 rings (SSSR count). The summed E-state index contributed by atoms with van der Waals surface area (Å²) in [6.45, 7) is 1.20. The molecule has 5 nitrogen and oxygen atoms in total. The summed E-state index contributed by atoms with van der Waals surface area (Å²) in [5.41, 5.74) is 0.205. The molecule has 0 radical (unpaired) electrons. The van der Waals surface area contributed by atoms with Gasteiger partial charge in [0.25, 0.3) is 0 Å². The molecule has 1 amide bonds. The number of aromatic nitrogens is 1. The molecule has 0 saturated carbocycles. The van der Waals surface area contributed by atoms with E-state index in [0.29, 0.717) is 6.54 Å². The topological polar surface area (TPSA) is 45.7 Å². The highest BCUT2D eigenvalue weighted by molar-refractivity contribution is 5.77. The number of carbonyl (C=O) groups excluding carboxylic acids is 1. The third-order valence-corrected chi connectivity index (χ3v) is 5.19. The van der Waals surface area contributed by atoms with Crippen LogP contribution in [0.1, 0.15) is 17.5 Å². The minimum absolute atomic E-state index is 0.0460. The van der Waals surface area contributed by atoms with Gasteiger partial charge in [-0.05, 0) is 17.7 Å². The second-order valence-corrected chi connectivity index (χ2v) is 7.01. The van der Waals surface area contributed by atoms with Crippen LogP contribution in [0, 0.1) is 0 Å². The standard InChI is InChI=1S/C20H20F3N3O2/c21-20(22,23)15-7-4-9-24-19(15)25-12-16-17(13-25)28-10-8-18(27)26(16)11-14-5-2-1-3-6-14/h1-7,9,16-17H,8,10-13H2/t16-,17-/m0/s1. The van der Waals surface area contributed by atoms with Crippen LogP contribution in [-0.4, -0.2) is 47.6 Å². The number of rotatable bonds is 3. The van der Waals surface area contributed by atoms with Crippen LogP contribution in [-0.2, 0) is 22.3 Å². The third-order valence-electron chi connectivity index (χ3n) is 5.19. The first-order valence-corrected chi connectivity index (χ1v) is 9.15. The van der Waals surface area contributed by atoms with Crippen molar-refractivity contribution in [1.82, 2.24) is 9.88 Å². The molecule has 0 bridgehead atoms. The molecular weight excluding hydrogens is 371 g/mol. The summed E-state index contributed by atoms with van der Waals surface area (Å²) in [5, 5.41) is 0. The maximum absolute atomic E-state index is 13.4. The second kappa shape index (κ2) is 7.43. The normalized spacial score (nSPS) is 22.9. The van der Waals surface area contributed by atoms with Crippen molar-refractivity contribution in [2.45, 2.75) is 31.3 Å². The summed E-state index contributed by atoms with van der Waals surface area (Å²) in [4.78, 5) is 20.0. The second-order valence-electron chi connectivity index (χ2n) is 7.01. The molecule has 8 heteroatoms. The highest BCUT2D eigenvalue weighted by Crippen LogP contribution is 2.37. The fraction of sp³-hybridized carbons (Fsp3) is 0.400. The summed E-state index contributed by atoms with van der Waals surface area (Å²) >= 11 is 0. The van der Waals surface area contributed by atoms with Crippen molar-refractivity contribution in [3.63, 3.8) is 0 Å². The van der Waals surface area contributed by atoms with Gasteiger partial charge in [-0.3, -0.25) is 4.79 Å². The third kappa shape index (κ3) is 3.69. The van der Waals surface area contributed by atoms with E-state index in [1.807, 2.05) is 30.3 Å². The van der Waals surface area contributed by atoms with Gasteiger partial charge in [-0.1, -0.05) is 30.3 Å². The van der Waals surface area contributed by atoms with E-state index < -0.39 is 11.7 Å². The van der Waals surface area contributed by atoms with Gasteiger partial charge in [0, 0.05) is 25.8 Å². The number of fused-ring (bicyclic) bond motifs is 1. The fourth-order valence-corrected chi connectivity index (χ4v) is 3.87. The summed E-state index contributed by atoms with van der Waals surface area (Å²) in [6, 6.07) is 11.6. The zero-order valence-electron chi connectivity index (χ0n) is 15.1. The van der Waals surface area contributed by atoms with Crippen molar-refractivity contribution in [3.05, 3.63) is 59.8 Å². The van der Waals surface area contributed by atoms with E-state index in [4.69, 9.17) is 4.74 Å². The lowest BCUT2D eigenvalue weighted by atomic mass is 10.1. The SMILES string of the molecule is O=C1CCO[C@H]2CN(c3ncccc3C(F)(F)F)C[C@@H]2N1Cc1ccccc1. The van der Waals surface area contributed by atoms with Crippen LogP contribution >= 0.6 is 0 Å². The summed E-state index contributed by atoms with van der Waals surface area (Å²) < 4.78 is 46.0. The molecule has 0 unspecified atom stereocenters. The summed E-state index contributed by atoms with van der Waals surface area (Å²) in [6.07, 6.45) is -3.21. The van der Waals surface area contributed by atoms with E-state index in [2.05, 4.69) is 4.98 Å². The number of halogens is 3. The van der Waals surface area contributed by atoms with Crippen LogP contribution in [0.2, 0.25) is 0 Å². The average molecular weight is 391 g/mol. The molecule has 1 aromatic heterocycles. The Kier molecular flexibility index (Phi) is 4.97. The Morgan fingerprint density at radius 2 is 1.89 bits per heavy atom. The first-order chi connectivity index (χ1) is 13.4. The molecule has 2 aliphatic rings. The first kappa shape index (κ1) is 18.7. The van der Waals surface area contributed by atoms with Gasteiger partial charge in [-0.2, -0.15) is 13.2 Å². The molecule has 28 heavy (non-hydrogen) atoms. The van der Waals surface area contributed by atoms with Crippen LogP contribution in [0.4, 0.5) is 19.0 Å². The number of hydrogen-bond donors (Lipinski definition) is 0. The van der Waals surface area contributed by atoms with E-state index in [9.17, 15) is 18.0 Å². The average Bonchev–Trinajstić information content (AvgIpc) is 3.04. The van der Waals surface area contributed by atoms with Crippen molar-refractivity contribution >= 4 is 11.7 Å². The number of ether oxygens (including phenoxy) is 1. The Bertz CT molecular complexity index is 844. The lowest BCUT2D eigenvalue weighted by molar-refractivity contribution is -0.137. The molecule has 148 valence electrons. The van der Waals surface area contributed by atoms with Crippen molar-refractivity contribution in [2.24, 2.45) is 0 Å². The van der Waals surface area contributed by atoms with Crippen LogP contribution in [0.5, 0.6) is 0 Å². The maximum Gasteiger partial charge on any atom is 0.419 e. The van der Waals surface area contributed by atoms with E-state index in [1.165, 1.54) is 12.3 Å². The minimum atomic E-state index is -4.49. The van der Waals surface area contributed by atoms with Crippen LogP contribution in [0.15, 0.2) is 48.7 Å². The Balaban J connectivity index is 1.62. The lowest BCUT2D eigenvalue weighted by Crippen LogP contribution is -2.45. The number of benzene rings is 1. The fourth-order valence-electron chi connectivity index (χ4n) is 3.87. The first-order valence-electron chi connectivity index (χ1n) is 9.15. The predicted molar refractivity (Wildman–Crippen MR) is 96.6 cm³/mol. The zero-order chi connectivity index (χ0) is 19.7. The Labute approximate surface area is 160 Å². The zero-order valence-corrected chi connectivity index (χ0v) is 15.1. The van der Waals surface area contributed by atoms with Crippen molar-refractivity contribution in [1.29, 1.82) is 0 Å². The minimum Gasteiger partial charge on any atom is -0.374 e. The molecule has 0 spiro atoms. The van der Waals surface area contributed by atoms with Crippen molar-refractivity contribution < 1.29 is 22.7 Å². The van der Waals surface area contributed by atoms with Crippen molar-refractivity contribution in [2.75, 3.05) is 24.6 Å². The smallest absolute Gasteiger partial charge is 0.374 e. The predicted octanol–water partition coefficient (Wildman–Crippen LogP) is 3.11. The van der Waals surface area contributed by atoms with Crippen LogP contribution in [0.25, 0.3) is 0 Å². The number of anilines is 1. The molecule has 2 atom stereocenters. The maximum atomic E-state index is 13.4. The lowest BCUT2D eigenvalue weighted by Gasteiger charge is -2.30. The van der Waals surface area contributed by atoms with E-state index in [1.54, 1.807) is 9.80 Å². The molecule has 2 aliphatic heterocycles. The van der Waals surface area contributed by atoms with Gasteiger partial charge in [0.2, 0.25) is 5.91 Å². The van der Waals surface area contributed by atoms with Crippen LogP contribution in [0.3, 0.4) is 0 Å². The molecule has 1 aromatic carbocycles. The Hall–Kier alpha value is -2.61. The number of pyridine rings is 1. The molecule has 2 fully saturated rings. The van der Waals surface area contributed by atoms with Gasteiger partial charge < -0.3 is 14.5 Å². The summed E-state index contributed by atoms with van der Waals surface area (Å²) in [5.74, 6) is -0.158. The van der Waals surface area contributed by atoms with Gasteiger partial charge in [0.05, 0.1) is 30.7 Å². The number of alkyl halides is 3.